The smallest absolute Gasteiger partial charge is 0.0988 e. The highest BCUT2D eigenvalue weighted by molar-refractivity contribution is 7.09. The molecule has 3 nitrogen and oxygen atoms in total. The highest BCUT2D eigenvalue weighted by atomic mass is 32.1. The van der Waals surface area contributed by atoms with Crippen LogP contribution in [0.3, 0.4) is 0 Å². The van der Waals surface area contributed by atoms with Gasteiger partial charge in [0.25, 0.3) is 0 Å². The molecular weight excluding hydrogens is 222 g/mol. The van der Waals surface area contributed by atoms with Gasteiger partial charge in [-0.05, 0) is 24.8 Å². The first-order valence-electron chi connectivity index (χ1n) is 5.82. The van der Waals surface area contributed by atoms with Gasteiger partial charge in [-0.3, -0.25) is 0 Å². The van der Waals surface area contributed by atoms with Gasteiger partial charge >= 0.3 is 0 Å². The topological polar surface area (TPSA) is 44.5 Å². The summed E-state index contributed by atoms with van der Waals surface area (Å²) in [5, 5.41) is 2.09. The minimum Gasteiger partial charge on any atom is -0.375 e. The highest BCUT2D eigenvalue weighted by Gasteiger charge is 2.40. The molecule has 1 aromatic heterocycles. The van der Waals surface area contributed by atoms with Gasteiger partial charge in [0.2, 0.25) is 0 Å². The maximum absolute atomic E-state index is 5.86. The van der Waals surface area contributed by atoms with Crippen molar-refractivity contribution in [3.05, 3.63) is 22.4 Å². The average Bonchev–Trinajstić information content (AvgIpc) is 2.78. The van der Waals surface area contributed by atoms with Crippen LogP contribution in [0.2, 0.25) is 0 Å². The number of rotatable bonds is 6. The minimum absolute atomic E-state index is 0.105. The molecule has 1 aliphatic rings. The molecular formula is C12H19NO2S. The predicted molar refractivity (Wildman–Crippen MR) is 65.8 cm³/mol. The molecule has 3 unspecified atom stereocenters. The van der Waals surface area contributed by atoms with E-state index in [9.17, 15) is 0 Å². The molecule has 2 rings (SSSR count). The number of ether oxygens (including phenoxy) is 2. The van der Waals surface area contributed by atoms with E-state index in [0.717, 1.165) is 19.4 Å². The summed E-state index contributed by atoms with van der Waals surface area (Å²) >= 11 is 1.78. The first kappa shape index (κ1) is 12.0. The first-order valence-corrected chi connectivity index (χ1v) is 6.70. The highest BCUT2D eigenvalue weighted by Crippen LogP contribution is 2.25. The Morgan fingerprint density at radius 1 is 1.50 bits per heavy atom. The summed E-state index contributed by atoms with van der Waals surface area (Å²) in [5.74, 6) is 0. The Labute approximate surface area is 101 Å². The van der Waals surface area contributed by atoms with Crippen molar-refractivity contribution in [3.63, 3.8) is 0 Å². The van der Waals surface area contributed by atoms with Crippen LogP contribution in [0.1, 0.15) is 18.2 Å². The fraction of sp³-hybridized carbons (Fsp3) is 0.667. The van der Waals surface area contributed by atoms with E-state index in [0.29, 0.717) is 6.61 Å². The van der Waals surface area contributed by atoms with Gasteiger partial charge in [0.15, 0.2) is 0 Å². The number of thiophene rings is 1. The Balaban J connectivity index is 1.66. The van der Waals surface area contributed by atoms with Crippen molar-refractivity contribution in [2.75, 3.05) is 13.2 Å². The van der Waals surface area contributed by atoms with Crippen LogP contribution < -0.4 is 5.73 Å². The summed E-state index contributed by atoms with van der Waals surface area (Å²) in [6.07, 6.45) is 2.22. The van der Waals surface area contributed by atoms with E-state index in [1.54, 1.807) is 11.3 Å². The van der Waals surface area contributed by atoms with Gasteiger partial charge in [-0.1, -0.05) is 6.07 Å². The quantitative estimate of drug-likeness (QED) is 0.826. The summed E-state index contributed by atoms with van der Waals surface area (Å²) in [7, 11) is 0. The molecule has 1 heterocycles. The van der Waals surface area contributed by atoms with E-state index in [4.69, 9.17) is 15.2 Å². The Bertz CT molecular complexity index is 302. The maximum Gasteiger partial charge on any atom is 0.0988 e. The summed E-state index contributed by atoms with van der Waals surface area (Å²) in [5.41, 5.74) is 5.86. The summed E-state index contributed by atoms with van der Waals surface area (Å²) in [6, 6.07) is 4.37. The van der Waals surface area contributed by atoms with Crippen molar-refractivity contribution < 1.29 is 9.47 Å². The second-order valence-electron chi connectivity index (χ2n) is 4.06. The first-order chi connectivity index (χ1) is 7.81. The molecule has 1 aromatic rings. The third-order valence-corrected chi connectivity index (χ3v) is 3.85. The van der Waals surface area contributed by atoms with E-state index < -0.39 is 0 Å². The van der Waals surface area contributed by atoms with Crippen LogP contribution in [0.5, 0.6) is 0 Å². The lowest BCUT2D eigenvalue weighted by Gasteiger charge is -2.41. The van der Waals surface area contributed by atoms with Crippen molar-refractivity contribution in [1.29, 1.82) is 0 Å². The van der Waals surface area contributed by atoms with Crippen molar-refractivity contribution in [2.45, 2.75) is 38.0 Å². The Morgan fingerprint density at radius 3 is 3.00 bits per heavy atom. The Morgan fingerprint density at radius 2 is 2.38 bits per heavy atom. The summed E-state index contributed by atoms with van der Waals surface area (Å²) in [6.45, 7) is 3.47. The normalized spacial score (nSPS) is 29.0. The lowest BCUT2D eigenvalue weighted by molar-refractivity contribution is -0.136. The van der Waals surface area contributed by atoms with Gasteiger partial charge in [-0.15, -0.1) is 11.3 Å². The number of nitrogens with two attached hydrogens (primary N) is 1. The van der Waals surface area contributed by atoms with Crippen LogP contribution in [0, 0.1) is 0 Å². The largest absolute Gasteiger partial charge is 0.375 e. The zero-order valence-electron chi connectivity index (χ0n) is 9.59. The third kappa shape index (κ3) is 2.83. The number of hydrogen-bond acceptors (Lipinski definition) is 4. The van der Waals surface area contributed by atoms with Gasteiger partial charge in [0, 0.05) is 23.9 Å². The van der Waals surface area contributed by atoms with Crippen LogP contribution >= 0.6 is 11.3 Å². The zero-order chi connectivity index (χ0) is 11.4. The van der Waals surface area contributed by atoms with E-state index in [2.05, 4.69) is 17.5 Å². The molecule has 90 valence electrons. The average molecular weight is 241 g/mol. The van der Waals surface area contributed by atoms with Crippen LogP contribution in [0.4, 0.5) is 0 Å². The van der Waals surface area contributed by atoms with Gasteiger partial charge < -0.3 is 15.2 Å². The molecule has 0 bridgehead atoms. The fourth-order valence-corrected chi connectivity index (χ4v) is 2.66. The minimum atomic E-state index is 0.105. The fourth-order valence-electron chi connectivity index (χ4n) is 1.97. The molecule has 0 spiro atoms. The molecule has 0 aromatic carbocycles. The van der Waals surface area contributed by atoms with E-state index in [1.165, 1.54) is 4.88 Å². The lowest BCUT2D eigenvalue weighted by atomic mass is 9.86. The third-order valence-electron chi connectivity index (χ3n) is 2.91. The standard InChI is InChI=1S/C12H19NO2S/c1-2-14-12-10(13)8-11(12)15-6-5-9-4-3-7-16-9/h3-4,7,10-12H,2,5-6,8,13H2,1H3. The maximum atomic E-state index is 5.86. The molecule has 1 fully saturated rings. The van der Waals surface area contributed by atoms with Crippen LogP contribution in [0.25, 0.3) is 0 Å². The molecule has 2 N–H and O–H groups in total. The van der Waals surface area contributed by atoms with Gasteiger partial charge in [-0.25, -0.2) is 0 Å². The molecule has 0 aliphatic heterocycles. The summed E-state index contributed by atoms with van der Waals surface area (Å²) < 4.78 is 11.3. The van der Waals surface area contributed by atoms with Crippen LogP contribution in [0.15, 0.2) is 17.5 Å². The molecule has 3 atom stereocenters. The van der Waals surface area contributed by atoms with E-state index in [-0.39, 0.29) is 18.2 Å². The van der Waals surface area contributed by atoms with Gasteiger partial charge in [0.1, 0.15) is 0 Å². The zero-order valence-corrected chi connectivity index (χ0v) is 10.4. The second-order valence-corrected chi connectivity index (χ2v) is 5.09. The molecule has 4 heteroatoms. The molecule has 0 saturated heterocycles. The predicted octanol–water partition coefficient (Wildman–Crippen LogP) is 1.81. The number of hydrogen-bond donors (Lipinski definition) is 1. The monoisotopic (exact) mass is 241 g/mol. The molecule has 0 radical (unpaired) electrons. The van der Waals surface area contributed by atoms with Gasteiger partial charge in [0.05, 0.1) is 18.8 Å². The summed E-state index contributed by atoms with van der Waals surface area (Å²) in [4.78, 5) is 1.37. The molecule has 16 heavy (non-hydrogen) atoms. The van der Waals surface area contributed by atoms with Crippen LogP contribution in [-0.2, 0) is 15.9 Å². The lowest BCUT2D eigenvalue weighted by Crippen LogP contribution is -2.58. The van der Waals surface area contributed by atoms with Crippen molar-refractivity contribution in [3.8, 4) is 0 Å². The van der Waals surface area contributed by atoms with Gasteiger partial charge in [-0.2, -0.15) is 0 Å². The van der Waals surface area contributed by atoms with Crippen molar-refractivity contribution >= 4 is 11.3 Å². The molecule has 0 amide bonds. The van der Waals surface area contributed by atoms with E-state index >= 15 is 0 Å². The van der Waals surface area contributed by atoms with Crippen LogP contribution in [-0.4, -0.2) is 31.5 Å². The Kier molecular flexibility index (Phi) is 4.35. The molecule has 1 saturated carbocycles. The SMILES string of the molecule is CCOC1C(N)CC1OCCc1cccs1. The second kappa shape index (κ2) is 5.77. The Hall–Kier alpha value is -0.420. The molecule has 1 aliphatic carbocycles. The van der Waals surface area contributed by atoms with Crippen molar-refractivity contribution in [2.24, 2.45) is 5.73 Å². The van der Waals surface area contributed by atoms with E-state index in [1.807, 2.05) is 6.92 Å². The van der Waals surface area contributed by atoms with Crippen molar-refractivity contribution in [1.82, 2.24) is 0 Å².